The smallest absolute Gasteiger partial charge is 0 e. The van der Waals surface area contributed by atoms with Crippen LogP contribution in [0.3, 0.4) is 0 Å². The van der Waals surface area contributed by atoms with Gasteiger partial charge in [-0.1, -0.05) is 0 Å². The number of methoxy groups -OCH3 is 2. The Morgan fingerprint density at radius 1 is 0.688 bits per heavy atom. The van der Waals surface area contributed by atoms with Gasteiger partial charge >= 0.3 is 33.9 Å². The molecule has 0 bridgehead atoms. The Labute approximate surface area is 110 Å². The van der Waals surface area contributed by atoms with Gasteiger partial charge in [-0.2, -0.15) is 0 Å². The third-order valence-electron chi connectivity index (χ3n) is 0.864. The van der Waals surface area contributed by atoms with Gasteiger partial charge in [-0.3, -0.25) is 0 Å². The molecule has 0 spiro atoms. The first kappa shape index (κ1) is 29.7. The van der Waals surface area contributed by atoms with Gasteiger partial charge < -0.3 is 14.2 Å². The van der Waals surface area contributed by atoms with Crippen LogP contribution in [0.25, 0.3) is 0 Å². The quantitative estimate of drug-likeness (QED) is 0.303. The SMILES string of the molecule is COCCOCCOC.[C-]#[O+].[C-]#[O+].[C-]#[O+].[Mo]. The van der Waals surface area contributed by atoms with Gasteiger partial charge in [0.25, 0.3) is 0 Å². The van der Waals surface area contributed by atoms with Gasteiger partial charge in [0.15, 0.2) is 0 Å². The first-order valence-electron chi connectivity index (χ1n) is 3.58. The Morgan fingerprint density at radius 2 is 0.938 bits per heavy atom. The Bertz CT molecular complexity index is 113. The summed E-state index contributed by atoms with van der Waals surface area (Å²) in [5.74, 6) is 0. The average Bonchev–Trinajstić information content (AvgIpc) is 2.37. The van der Waals surface area contributed by atoms with Crippen molar-refractivity contribution >= 4 is 0 Å². The Hall–Kier alpha value is -0.212. The number of hydrogen-bond acceptors (Lipinski definition) is 3. The molecule has 0 radical (unpaired) electrons. The van der Waals surface area contributed by atoms with Crippen LogP contribution in [0.2, 0.25) is 0 Å². The van der Waals surface area contributed by atoms with Crippen LogP contribution < -0.4 is 0 Å². The first-order chi connectivity index (χ1) is 7.41. The zero-order chi connectivity index (χ0) is 12.9. The molecule has 7 heteroatoms. The fourth-order valence-electron chi connectivity index (χ4n) is 0.387. The summed E-state index contributed by atoms with van der Waals surface area (Å²) in [7, 11) is 3.30. The van der Waals surface area contributed by atoms with Crippen molar-refractivity contribution in [1.82, 2.24) is 0 Å². The Balaban J connectivity index is -0.0000000498. The molecule has 0 aliphatic heterocycles. The minimum atomic E-state index is 0. The van der Waals surface area contributed by atoms with Crippen molar-refractivity contribution in [1.29, 1.82) is 0 Å². The van der Waals surface area contributed by atoms with E-state index in [1.807, 2.05) is 0 Å². The van der Waals surface area contributed by atoms with Gasteiger partial charge in [0, 0.05) is 35.3 Å². The molecule has 92 valence electrons. The molecule has 0 aliphatic carbocycles. The summed E-state index contributed by atoms with van der Waals surface area (Å²) in [6.45, 7) is 16.1. The molecule has 0 atom stereocenters. The van der Waals surface area contributed by atoms with Gasteiger partial charge in [0.1, 0.15) is 0 Å². The molecule has 0 aromatic carbocycles. The van der Waals surface area contributed by atoms with Crippen LogP contribution in [0.5, 0.6) is 0 Å². The second kappa shape index (κ2) is 61.0. The summed E-state index contributed by atoms with van der Waals surface area (Å²) in [6.07, 6.45) is 0. The van der Waals surface area contributed by atoms with Crippen LogP contribution in [0, 0.1) is 20.0 Å². The number of ether oxygens (including phenoxy) is 3. The van der Waals surface area contributed by atoms with E-state index < -0.39 is 0 Å². The average molecular weight is 314 g/mol. The van der Waals surface area contributed by atoms with Gasteiger partial charge in [-0.05, 0) is 0 Å². The topological polar surface area (TPSA) is 87.4 Å². The van der Waals surface area contributed by atoms with Gasteiger partial charge in [0.05, 0.1) is 26.4 Å². The Kier molecular flexibility index (Phi) is 113. The summed E-state index contributed by atoms with van der Waals surface area (Å²) in [4.78, 5) is 0. The van der Waals surface area contributed by atoms with E-state index in [4.69, 9.17) is 28.2 Å². The molecule has 0 heterocycles. The van der Waals surface area contributed by atoms with Gasteiger partial charge in [-0.25, -0.2) is 0 Å². The molecule has 0 amide bonds. The molecular weight excluding hydrogens is 300 g/mol. The minimum Gasteiger partial charge on any atom is 0 e. The summed E-state index contributed by atoms with van der Waals surface area (Å²) >= 11 is 0. The van der Waals surface area contributed by atoms with E-state index in [1.54, 1.807) is 14.2 Å². The fourth-order valence-corrected chi connectivity index (χ4v) is 0.387. The first-order valence-corrected chi connectivity index (χ1v) is 3.58. The van der Waals surface area contributed by atoms with Crippen LogP contribution in [-0.4, -0.2) is 40.6 Å². The molecule has 0 aliphatic rings. The van der Waals surface area contributed by atoms with Crippen LogP contribution >= 0.6 is 0 Å². The molecule has 0 unspecified atom stereocenters. The molecule has 0 aromatic heterocycles. The summed E-state index contributed by atoms with van der Waals surface area (Å²) in [5.41, 5.74) is 0. The number of rotatable bonds is 6. The third kappa shape index (κ3) is 67.3. The van der Waals surface area contributed by atoms with E-state index in [9.17, 15) is 0 Å². The van der Waals surface area contributed by atoms with E-state index in [2.05, 4.69) is 20.0 Å². The van der Waals surface area contributed by atoms with E-state index in [0.29, 0.717) is 26.4 Å². The third-order valence-corrected chi connectivity index (χ3v) is 0.864. The van der Waals surface area contributed by atoms with Crippen molar-refractivity contribution in [3.63, 3.8) is 0 Å². The molecule has 0 saturated carbocycles. The van der Waals surface area contributed by atoms with Crippen molar-refractivity contribution in [3.8, 4) is 0 Å². The molecule has 0 N–H and O–H groups in total. The molecule has 0 rings (SSSR count). The monoisotopic (exact) mass is 316 g/mol. The predicted molar refractivity (Wildman–Crippen MR) is 46.4 cm³/mol. The van der Waals surface area contributed by atoms with Gasteiger partial charge in [-0.15, -0.1) is 0 Å². The van der Waals surface area contributed by atoms with Crippen molar-refractivity contribution < 1.29 is 49.2 Å². The van der Waals surface area contributed by atoms with Crippen LogP contribution in [-0.2, 0) is 49.2 Å². The predicted octanol–water partition coefficient (Wildman–Crippen LogP) is 0.181. The molecule has 6 nitrogen and oxygen atoms in total. The zero-order valence-electron chi connectivity index (χ0n) is 9.19. The van der Waals surface area contributed by atoms with Crippen molar-refractivity contribution in [2.45, 2.75) is 0 Å². The van der Waals surface area contributed by atoms with Crippen LogP contribution in [0.4, 0.5) is 0 Å². The van der Waals surface area contributed by atoms with E-state index in [0.717, 1.165) is 0 Å². The molecule has 0 fully saturated rings. The second-order valence-electron chi connectivity index (χ2n) is 1.60. The van der Waals surface area contributed by atoms with Crippen LogP contribution in [0.15, 0.2) is 0 Å². The zero-order valence-corrected chi connectivity index (χ0v) is 11.2. The molecule has 16 heavy (non-hydrogen) atoms. The van der Waals surface area contributed by atoms with Crippen molar-refractivity contribution in [2.24, 2.45) is 0 Å². The van der Waals surface area contributed by atoms with Crippen molar-refractivity contribution in [2.75, 3.05) is 40.6 Å². The van der Waals surface area contributed by atoms with E-state index in [1.165, 1.54) is 0 Å². The molecule has 0 saturated heterocycles. The molecule has 0 aromatic rings. The maximum Gasteiger partial charge on any atom is 0 e. The molecular formula is C9H14MoO6. The second-order valence-corrected chi connectivity index (χ2v) is 1.60. The largest absolute Gasteiger partial charge is 0 e. The maximum absolute atomic E-state index is 7.50. The standard InChI is InChI=1S/C6H14O3.3CO.Mo/c1-7-3-5-9-6-4-8-2;3*1-2;/h3-6H2,1-2H3;;;;. The fraction of sp³-hybridized carbons (Fsp3) is 0.667. The minimum absolute atomic E-state index is 0. The van der Waals surface area contributed by atoms with Crippen molar-refractivity contribution in [3.05, 3.63) is 20.0 Å². The summed E-state index contributed by atoms with van der Waals surface area (Å²) < 4.78 is 37.1. The normalized spacial score (nSPS) is 6.00. The summed E-state index contributed by atoms with van der Waals surface area (Å²) in [5, 5.41) is 0. The maximum atomic E-state index is 7.50. The van der Waals surface area contributed by atoms with E-state index >= 15 is 0 Å². The number of hydrogen-bond donors (Lipinski definition) is 0. The van der Waals surface area contributed by atoms with Gasteiger partial charge in [0.2, 0.25) is 0 Å². The Morgan fingerprint density at radius 3 is 1.12 bits per heavy atom. The van der Waals surface area contributed by atoms with E-state index in [-0.39, 0.29) is 21.1 Å². The van der Waals surface area contributed by atoms with Crippen LogP contribution in [0.1, 0.15) is 0 Å². The summed E-state index contributed by atoms with van der Waals surface area (Å²) in [6, 6.07) is 0.